The first-order valence-corrected chi connectivity index (χ1v) is 10.7. The normalized spacial score (nSPS) is 18.4. The summed E-state index contributed by atoms with van der Waals surface area (Å²) in [5, 5.41) is 19.1. The van der Waals surface area contributed by atoms with Crippen molar-refractivity contribution in [1.29, 1.82) is 0 Å². The van der Waals surface area contributed by atoms with Crippen LogP contribution in [0.2, 0.25) is 5.02 Å². The molecule has 3 aromatic heterocycles. The summed E-state index contributed by atoms with van der Waals surface area (Å²) < 4.78 is 1.58. The first kappa shape index (κ1) is 19.1. The van der Waals surface area contributed by atoms with Crippen LogP contribution in [0.25, 0.3) is 11.7 Å². The Hall–Kier alpha value is -3.66. The lowest BCUT2D eigenvalue weighted by atomic mass is 10.1. The summed E-state index contributed by atoms with van der Waals surface area (Å²) in [7, 11) is 0. The van der Waals surface area contributed by atoms with E-state index in [0.717, 1.165) is 31.2 Å². The van der Waals surface area contributed by atoms with E-state index >= 15 is 0 Å². The number of imidazole rings is 1. The molecule has 0 saturated heterocycles. The van der Waals surface area contributed by atoms with Gasteiger partial charge in [-0.3, -0.25) is 4.98 Å². The minimum absolute atomic E-state index is 0.237. The molecule has 32 heavy (non-hydrogen) atoms. The highest BCUT2D eigenvalue weighted by Gasteiger charge is 2.46. The highest BCUT2D eigenvalue weighted by atomic mass is 35.5. The van der Waals surface area contributed by atoms with Gasteiger partial charge in [-0.2, -0.15) is 19.6 Å². The molecule has 0 spiro atoms. The van der Waals surface area contributed by atoms with E-state index in [4.69, 9.17) is 21.6 Å². The van der Waals surface area contributed by atoms with Crippen LogP contribution in [-0.2, 0) is 5.54 Å². The molecule has 1 aromatic carbocycles. The summed E-state index contributed by atoms with van der Waals surface area (Å²) in [6.45, 7) is 0. The Morgan fingerprint density at radius 1 is 1.25 bits per heavy atom. The van der Waals surface area contributed by atoms with E-state index in [1.165, 1.54) is 0 Å². The zero-order valence-electron chi connectivity index (χ0n) is 16.8. The van der Waals surface area contributed by atoms with Gasteiger partial charge in [-0.1, -0.05) is 29.8 Å². The largest absolute Gasteiger partial charge is 0.493 e. The number of aromatic amines is 2. The maximum atomic E-state index is 11.5. The fourth-order valence-electron chi connectivity index (χ4n) is 3.79. The van der Waals surface area contributed by atoms with Crippen molar-refractivity contribution in [1.82, 2.24) is 29.5 Å². The number of H-pyrrole nitrogens is 2. The number of rotatable bonds is 5. The molecular weight excluding hydrogens is 432 g/mol. The lowest BCUT2D eigenvalue weighted by Crippen LogP contribution is -2.28. The van der Waals surface area contributed by atoms with Crippen molar-refractivity contribution in [3.05, 3.63) is 68.1 Å². The predicted octanol–water partition coefficient (Wildman–Crippen LogP) is 1.21. The lowest BCUT2D eigenvalue weighted by Gasteiger charge is -2.19. The molecule has 4 aromatic rings. The maximum Gasteiger partial charge on any atom is 0.326 e. The maximum absolute atomic E-state index is 11.5. The zero-order chi connectivity index (χ0) is 21.9. The number of halogens is 1. The molecule has 0 atom stereocenters. The van der Waals surface area contributed by atoms with Crippen LogP contribution in [0.5, 0.6) is 5.88 Å². The van der Waals surface area contributed by atoms with Crippen LogP contribution in [0.4, 0.5) is 5.95 Å². The molecule has 4 N–H and O–H groups in total. The fourth-order valence-corrected chi connectivity index (χ4v) is 4.10. The van der Waals surface area contributed by atoms with E-state index in [1.54, 1.807) is 16.8 Å². The molecule has 162 valence electrons. The number of aromatic hydroxyl groups is 1. The van der Waals surface area contributed by atoms with Gasteiger partial charge in [-0.15, -0.1) is 0 Å². The Bertz CT molecular complexity index is 1530. The van der Waals surface area contributed by atoms with Crippen LogP contribution in [0.3, 0.4) is 0 Å². The number of hydrogen-bond acceptors (Lipinski definition) is 7. The molecule has 11 heteroatoms. The van der Waals surface area contributed by atoms with Crippen molar-refractivity contribution < 1.29 is 5.11 Å². The van der Waals surface area contributed by atoms with Gasteiger partial charge in [0, 0.05) is 10.2 Å². The average Bonchev–Trinajstić information content (AvgIpc) is 3.67. The van der Waals surface area contributed by atoms with Crippen molar-refractivity contribution in [2.75, 3.05) is 5.32 Å². The van der Waals surface area contributed by atoms with E-state index in [0.29, 0.717) is 27.5 Å². The Labute approximate surface area is 185 Å². The standard InChI is InChI=1S/C21H19ClN8O2/c22-14-4-2-1-3-13(14)21(7-8-21)29-18-26-16-11(9-15-17(31)27-20(32)25-15)10-23-30(16)19(28-18)24-12-5-6-12/h1-4,9-10,12,31H,5-8H2,(H,24,28,29)(H2,25,27,32)/b11-9-. The van der Waals surface area contributed by atoms with Gasteiger partial charge in [-0.05, 0) is 43.4 Å². The molecule has 2 aliphatic rings. The Morgan fingerprint density at radius 2 is 2.06 bits per heavy atom. The number of hydrogen-bond donors (Lipinski definition) is 4. The Morgan fingerprint density at radius 3 is 2.75 bits per heavy atom. The monoisotopic (exact) mass is 450 g/mol. The number of nitrogens with one attached hydrogen (secondary N) is 3. The van der Waals surface area contributed by atoms with Crippen LogP contribution in [0.1, 0.15) is 36.9 Å². The molecule has 0 bridgehead atoms. The van der Waals surface area contributed by atoms with E-state index in [2.05, 4.69) is 25.4 Å². The number of anilines is 1. The summed E-state index contributed by atoms with van der Waals surface area (Å²) in [6, 6.07) is 8.01. The highest BCUT2D eigenvalue weighted by molar-refractivity contribution is 6.31. The predicted molar refractivity (Wildman–Crippen MR) is 117 cm³/mol. The molecule has 2 aliphatic carbocycles. The second-order valence-corrected chi connectivity index (χ2v) is 8.62. The zero-order valence-corrected chi connectivity index (χ0v) is 17.6. The summed E-state index contributed by atoms with van der Waals surface area (Å²) in [4.78, 5) is 30.4. The van der Waals surface area contributed by atoms with Crippen LogP contribution in [-0.4, -0.2) is 40.7 Å². The molecule has 2 saturated carbocycles. The first-order valence-electron chi connectivity index (χ1n) is 10.4. The van der Waals surface area contributed by atoms with E-state index < -0.39 is 5.69 Å². The quantitative estimate of drug-likeness (QED) is 0.361. The van der Waals surface area contributed by atoms with Crippen molar-refractivity contribution in [2.24, 2.45) is 4.99 Å². The fraction of sp³-hybridized carbons (Fsp3) is 0.286. The smallest absolute Gasteiger partial charge is 0.326 e. The summed E-state index contributed by atoms with van der Waals surface area (Å²) >= 11 is 6.46. The summed E-state index contributed by atoms with van der Waals surface area (Å²) in [5.41, 5.74) is 1.41. The molecule has 0 aliphatic heterocycles. The topological polar surface area (TPSA) is 136 Å². The van der Waals surface area contributed by atoms with Gasteiger partial charge in [0.1, 0.15) is 5.69 Å². The molecule has 6 rings (SSSR count). The van der Waals surface area contributed by atoms with E-state index in [-0.39, 0.29) is 23.2 Å². The molecule has 0 unspecified atom stereocenters. The van der Waals surface area contributed by atoms with Crippen LogP contribution < -0.4 is 21.8 Å². The lowest BCUT2D eigenvalue weighted by molar-refractivity contribution is 0.454. The Balaban J connectivity index is 1.50. The third kappa shape index (κ3) is 3.32. The molecule has 10 nitrogen and oxygen atoms in total. The second kappa shape index (κ2) is 6.92. The number of benzene rings is 1. The molecular formula is C21H19ClN8O2. The number of fused-ring (bicyclic) bond motifs is 1. The molecule has 0 radical (unpaired) electrons. The second-order valence-electron chi connectivity index (χ2n) is 8.22. The van der Waals surface area contributed by atoms with Crippen LogP contribution >= 0.6 is 11.6 Å². The van der Waals surface area contributed by atoms with Crippen molar-refractivity contribution in [3.63, 3.8) is 0 Å². The van der Waals surface area contributed by atoms with Gasteiger partial charge in [0.25, 0.3) is 5.62 Å². The molecule has 2 fully saturated rings. The summed E-state index contributed by atoms with van der Waals surface area (Å²) in [5.74, 6) is 0.177. The van der Waals surface area contributed by atoms with Crippen LogP contribution in [0.15, 0.2) is 40.2 Å². The van der Waals surface area contributed by atoms with Crippen molar-refractivity contribution >= 4 is 29.3 Å². The molecule has 3 heterocycles. The van der Waals surface area contributed by atoms with Crippen molar-refractivity contribution in [3.8, 4) is 5.88 Å². The summed E-state index contributed by atoms with van der Waals surface area (Å²) in [6.07, 6.45) is 7.08. The minimum Gasteiger partial charge on any atom is -0.493 e. The van der Waals surface area contributed by atoms with Gasteiger partial charge in [0.05, 0.1) is 17.8 Å². The minimum atomic E-state index is -0.498. The van der Waals surface area contributed by atoms with Gasteiger partial charge in [0.2, 0.25) is 11.8 Å². The third-order valence-electron chi connectivity index (χ3n) is 5.75. The van der Waals surface area contributed by atoms with Crippen LogP contribution in [0, 0.1) is 0 Å². The molecule has 0 amide bonds. The van der Waals surface area contributed by atoms with Gasteiger partial charge >= 0.3 is 5.69 Å². The number of nitrogens with zero attached hydrogens (tertiary/aromatic N) is 5. The highest BCUT2D eigenvalue weighted by Crippen LogP contribution is 2.49. The van der Waals surface area contributed by atoms with Gasteiger partial charge < -0.3 is 15.4 Å². The third-order valence-corrected chi connectivity index (χ3v) is 6.08. The van der Waals surface area contributed by atoms with E-state index in [1.807, 2.05) is 24.3 Å². The Kier molecular flexibility index (Phi) is 4.12. The van der Waals surface area contributed by atoms with Crippen molar-refractivity contribution in [2.45, 2.75) is 37.3 Å². The SMILES string of the molecule is O=c1[nH]c(O)c(/C=c2/cnn3c(=NC4CC4)nc(NC4(c5ccccc5Cl)CC4)nc23)[nH]1. The average molecular weight is 451 g/mol. The van der Waals surface area contributed by atoms with Gasteiger partial charge in [-0.25, -0.2) is 9.79 Å². The first-order chi connectivity index (χ1) is 15.5. The van der Waals surface area contributed by atoms with Gasteiger partial charge in [0.15, 0.2) is 5.65 Å². The van der Waals surface area contributed by atoms with E-state index in [9.17, 15) is 9.90 Å². The number of aromatic nitrogens is 6.